The van der Waals surface area contributed by atoms with Crippen molar-refractivity contribution < 1.29 is 0 Å². The van der Waals surface area contributed by atoms with Crippen molar-refractivity contribution in [1.82, 2.24) is 5.32 Å². The fourth-order valence-electron chi connectivity index (χ4n) is 1.94. The highest BCUT2D eigenvalue weighted by atomic mass is 15.0. The molecule has 1 aliphatic heterocycles. The lowest BCUT2D eigenvalue weighted by Gasteiger charge is -2.38. The van der Waals surface area contributed by atoms with E-state index in [2.05, 4.69) is 26.1 Å². The predicted molar refractivity (Wildman–Crippen MR) is 49.7 cm³/mol. The normalized spacial score (nSPS) is 30.5. The second kappa shape index (κ2) is 4.10. The Kier molecular flexibility index (Phi) is 3.38. The molecular formula is C10H21N. The zero-order chi connectivity index (χ0) is 8.27. The standard InChI is InChI=1S/C10H21N/c1-4-5-9-7-10(11-9)6-8(2)3/h8-11H,4-7H2,1-3H3. The van der Waals surface area contributed by atoms with Gasteiger partial charge in [0.2, 0.25) is 0 Å². The summed E-state index contributed by atoms with van der Waals surface area (Å²) in [4.78, 5) is 0. The molecule has 1 saturated heterocycles. The third kappa shape index (κ3) is 2.82. The van der Waals surface area contributed by atoms with Crippen LogP contribution in [0.15, 0.2) is 0 Å². The highest BCUT2D eigenvalue weighted by Crippen LogP contribution is 2.21. The Labute approximate surface area is 70.6 Å². The van der Waals surface area contributed by atoms with Gasteiger partial charge >= 0.3 is 0 Å². The first-order valence-electron chi connectivity index (χ1n) is 4.98. The first-order valence-corrected chi connectivity index (χ1v) is 4.98. The molecular weight excluding hydrogens is 134 g/mol. The summed E-state index contributed by atoms with van der Waals surface area (Å²) in [5, 5.41) is 3.61. The van der Waals surface area contributed by atoms with E-state index >= 15 is 0 Å². The van der Waals surface area contributed by atoms with Crippen LogP contribution in [0, 0.1) is 5.92 Å². The maximum Gasteiger partial charge on any atom is 0.00869 e. The van der Waals surface area contributed by atoms with Gasteiger partial charge in [-0.05, 0) is 25.2 Å². The van der Waals surface area contributed by atoms with Gasteiger partial charge in [0.05, 0.1) is 0 Å². The molecule has 1 fully saturated rings. The summed E-state index contributed by atoms with van der Waals surface area (Å²) in [6.07, 6.45) is 5.48. The molecule has 0 amide bonds. The van der Waals surface area contributed by atoms with Crippen LogP contribution in [0.3, 0.4) is 0 Å². The molecule has 2 unspecified atom stereocenters. The van der Waals surface area contributed by atoms with Gasteiger partial charge in [0.25, 0.3) is 0 Å². The van der Waals surface area contributed by atoms with Crippen LogP contribution in [0.2, 0.25) is 0 Å². The molecule has 0 aromatic carbocycles. The predicted octanol–water partition coefficient (Wildman–Crippen LogP) is 2.56. The van der Waals surface area contributed by atoms with Crippen molar-refractivity contribution in [2.75, 3.05) is 0 Å². The molecule has 66 valence electrons. The van der Waals surface area contributed by atoms with E-state index in [0.29, 0.717) is 0 Å². The molecule has 1 heteroatoms. The number of nitrogens with one attached hydrogen (secondary N) is 1. The lowest BCUT2D eigenvalue weighted by atomic mass is 9.88. The summed E-state index contributed by atoms with van der Waals surface area (Å²) >= 11 is 0. The summed E-state index contributed by atoms with van der Waals surface area (Å²) in [5.74, 6) is 0.857. The Morgan fingerprint density at radius 3 is 2.45 bits per heavy atom. The van der Waals surface area contributed by atoms with Gasteiger partial charge < -0.3 is 5.32 Å². The molecule has 0 bridgehead atoms. The van der Waals surface area contributed by atoms with Crippen molar-refractivity contribution in [3.63, 3.8) is 0 Å². The largest absolute Gasteiger partial charge is 0.311 e. The second-order valence-electron chi connectivity index (χ2n) is 4.21. The SMILES string of the molecule is CCCC1CC(CC(C)C)N1. The van der Waals surface area contributed by atoms with Gasteiger partial charge in [-0.3, -0.25) is 0 Å². The number of rotatable bonds is 4. The average molecular weight is 155 g/mol. The van der Waals surface area contributed by atoms with Crippen molar-refractivity contribution in [2.45, 2.75) is 58.5 Å². The molecule has 11 heavy (non-hydrogen) atoms. The van der Waals surface area contributed by atoms with Gasteiger partial charge in [-0.15, -0.1) is 0 Å². The topological polar surface area (TPSA) is 12.0 Å². The second-order valence-corrected chi connectivity index (χ2v) is 4.21. The molecule has 0 radical (unpaired) electrons. The minimum atomic E-state index is 0.839. The minimum Gasteiger partial charge on any atom is -0.311 e. The van der Waals surface area contributed by atoms with Crippen LogP contribution < -0.4 is 5.32 Å². The van der Waals surface area contributed by atoms with Gasteiger partial charge in [-0.2, -0.15) is 0 Å². The maximum absolute atomic E-state index is 3.61. The van der Waals surface area contributed by atoms with Crippen LogP contribution in [0.25, 0.3) is 0 Å². The van der Waals surface area contributed by atoms with E-state index in [1.807, 2.05) is 0 Å². The van der Waals surface area contributed by atoms with Crippen LogP contribution in [-0.2, 0) is 0 Å². The van der Waals surface area contributed by atoms with Gasteiger partial charge in [0.15, 0.2) is 0 Å². The van der Waals surface area contributed by atoms with E-state index in [9.17, 15) is 0 Å². The molecule has 0 spiro atoms. The fourth-order valence-corrected chi connectivity index (χ4v) is 1.94. The van der Waals surface area contributed by atoms with E-state index < -0.39 is 0 Å². The molecule has 0 aromatic rings. The first-order chi connectivity index (χ1) is 5.22. The van der Waals surface area contributed by atoms with E-state index in [4.69, 9.17) is 0 Å². The zero-order valence-corrected chi connectivity index (χ0v) is 8.06. The Bertz CT molecular complexity index is 103. The van der Waals surface area contributed by atoms with E-state index in [-0.39, 0.29) is 0 Å². The average Bonchev–Trinajstić information content (AvgIpc) is 1.82. The van der Waals surface area contributed by atoms with Crippen molar-refractivity contribution in [3.05, 3.63) is 0 Å². The summed E-state index contributed by atoms with van der Waals surface area (Å²) in [6.45, 7) is 6.86. The lowest BCUT2D eigenvalue weighted by Crippen LogP contribution is -2.52. The molecule has 1 rings (SSSR count). The molecule has 2 atom stereocenters. The summed E-state index contributed by atoms with van der Waals surface area (Å²) in [7, 11) is 0. The van der Waals surface area contributed by atoms with Crippen molar-refractivity contribution in [2.24, 2.45) is 5.92 Å². The molecule has 1 heterocycles. The highest BCUT2D eigenvalue weighted by Gasteiger charge is 2.26. The van der Waals surface area contributed by atoms with E-state index in [1.165, 1.54) is 25.7 Å². The van der Waals surface area contributed by atoms with Crippen LogP contribution in [0.1, 0.15) is 46.5 Å². The first kappa shape index (κ1) is 9.05. The monoisotopic (exact) mass is 155 g/mol. The van der Waals surface area contributed by atoms with E-state index in [0.717, 1.165) is 18.0 Å². The van der Waals surface area contributed by atoms with Crippen LogP contribution in [0.4, 0.5) is 0 Å². The van der Waals surface area contributed by atoms with Crippen LogP contribution in [0.5, 0.6) is 0 Å². The Morgan fingerprint density at radius 2 is 2.00 bits per heavy atom. The van der Waals surface area contributed by atoms with Gasteiger partial charge in [0, 0.05) is 12.1 Å². The summed E-state index contributed by atoms with van der Waals surface area (Å²) in [5.41, 5.74) is 0. The van der Waals surface area contributed by atoms with Gasteiger partial charge in [0.1, 0.15) is 0 Å². The number of hydrogen-bond acceptors (Lipinski definition) is 1. The lowest BCUT2D eigenvalue weighted by molar-refractivity contribution is 0.220. The third-order valence-electron chi connectivity index (χ3n) is 2.43. The molecule has 1 N–H and O–H groups in total. The molecule has 1 aliphatic rings. The van der Waals surface area contributed by atoms with Gasteiger partial charge in [-0.1, -0.05) is 27.2 Å². The molecule has 0 aromatic heterocycles. The van der Waals surface area contributed by atoms with Crippen molar-refractivity contribution in [3.8, 4) is 0 Å². The quantitative estimate of drug-likeness (QED) is 0.658. The Hall–Kier alpha value is -0.0400. The highest BCUT2D eigenvalue weighted by molar-refractivity contribution is 4.88. The van der Waals surface area contributed by atoms with Crippen molar-refractivity contribution in [1.29, 1.82) is 0 Å². The van der Waals surface area contributed by atoms with Crippen molar-refractivity contribution >= 4 is 0 Å². The third-order valence-corrected chi connectivity index (χ3v) is 2.43. The maximum atomic E-state index is 3.61. The molecule has 0 saturated carbocycles. The minimum absolute atomic E-state index is 0.839. The van der Waals surface area contributed by atoms with Crippen LogP contribution in [-0.4, -0.2) is 12.1 Å². The summed E-state index contributed by atoms with van der Waals surface area (Å²) in [6, 6.07) is 1.69. The number of hydrogen-bond donors (Lipinski definition) is 1. The zero-order valence-electron chi connectivity index (χ0n) is 8.06. The van der Waals surface area contributed by atoms with Gasteiger partial charge in [-0.25, -0.2) is 0 Å². The smallest absolute Gasteiger partial charge is 0.00869 e. The Balaban J connectivity index is 2.00. The fraction of sp³-hybridized carbons (Fsp3) is 1.00. The Morgan fingerprint density at radius 1 is 1.36 bits per heavy atom. The van der Waals surface area contributed by atoms with E-state index in [1.54, 1.807) is 0 Å². The van der Waals surface area contributed by atoms with Crippen LogP contribution >= 0.6 is 0 Å². The molecule has 0 aliphatic carbocycles. The molecule has 1 nitrogen and oxygen atoms in total. The summed E-state index contributed by atoms with van der Waals surface area (Å²) < 4.78 is 0.